The van der Waals surface area contributed by atoms with Crippen molar-refractivity contribution in [1.29, 1.82) is 5.26 Å². The van der Waals surface area contributed by atoms with E-state index in [2.05, 4.69) is 41.1 Å². The molecule has 1 atom stereocenters. The largest absolute Gasteiger partial charge is 0.381 e. The second kappa shape index (κ2) is 8.93. The Bertz CT molecular complexity index is 723. The van der Waals surface area contributed by atoms with Gasteiger partial charge in [0.1, 0.15) is 0 Å². The minimum atomic E-state index is 0.214. The highest BCUT2D eigenvalue weighted by molar-refractivity contribution is 5.31. The zero-order valence-corrected chi connectivity index (χ0v) is 15.5. The highest BCUT2D eigenvalue weighted by Crippen LogP contribution is 2.36. The fraction of sp³-hybridized carbons (Fsp3) is 0.455. The number of hydrogen-bond acceptors (Lipinski definition) is 4. The van der Waals surface area contributed by atoms with Gasteiger partial charge in [0.2, 0.25) is 0 Å². The van der Waals surface area contributed by atoms with Gasteiger partial charge in [-0.15, -0.1) is 0 Å². The number of aromatic nitrogens is 1. The van der Waals surface area contributed by atoms with E-state index in [-0.39, 0.29) is 5.41 Å². The molecule has 0 aliphatic carbocycles. The molecule has 0 amide bonds. The zero-order chi connectivity index (χ0) is 18.2. The number of likely N-dealkylation sites (tertiary alicyclic amines) is 1. The fourth-order valence-electron chi connectivity index (χ4n) is 3.78. The summed E-state index contributed by atoms with van der Waals surface area (Å²) < 4.78 is 5.86. The first kappa shape index (κ1) is 18.6. The van der Waals surface area contributed by atoms with E-state index in [4.69, 9.17) is 10.00 Å². The Morgan fingerprint density at radius 2 is 2.08 bits per heavy atom. The van der Waals surface area contributed by atoms with Crippen LogP contribution in [0.4, 0.5) is 0 Å². The molecule has 2 aromatic rings. The van der Waals surface area contributed by atoms with Gasteiger partial charge in [0.05, 0.1) is 18.2 Å². The molecule has 0 unspecified atom stereocenters. The monoisotopic (exact) mass is 349 g/mol. The third-order valence-electron chi connectivity index (χ3n) is 5.29. The Labute approximate surface area is 156 Å². The summed E-state index contributed by atoms with van der Waals surface area (Å²) in [6, 6.07) is 14.3. The summed E-state index contributed by atoms with van der Waals surface area (Å²) in [4.78, 5) is 6.75. The lowest BCUT2D eigenvalue weighted by molar-refractivity contribution is 0.0489. The minimum absolute atomic E-state index is 0.214. The molecule has 0 spiro atoms. The van der Waals surface area contributed by atoms with Gasteiger partial charge in [-0.05, 0) is 62.1 Å². The summed E-state index contributed by atoms with van der Waals surface area (Å²) in [5.41, 5.74) is 3.50. The zero-order valence-electron chi connectivity index (χ0n) is 15.5. The Morgan fingerprint density at radius 1 is 1.23 bits per heavy atom. The molecule has 0 radical (unpaired) electrons. The molecule has 1 aromatic carbocycles. The molecule has 1 aliphatic heterocycles. The summed E-state index contributed by atoms with van der Waals surface area (Å²) in [5.74, 6) is 0. The second-order valence-electron chi connectivity index (χ2n) is 7.27. The van der Waals surface area contributed by atoms with E-state index >= 15 is 0 Å². The van der Waals surface area contributed by atoms with Gasteiger partial charge in [-0.3, -0.25) is 9.88 Å². The van der Waals surface area contributed by atoms with Gasteiger partial charge in [0.15, 0.2) is 0 Å². The van der Waals surface area contributed by atoms with Crippen LogP contribution in [0, 0.1) is 16.7 Å². The topological polar surface area (TPSA) is 49.1 Å². The first-order valence-corrected chi connectivity index (χ1v) is 9.41. The number of benzene rings is 1. The normalized spacial score (nSPS) is 20.2. The first-order valence-electron chi connectivity index (χ1n) is 9.41. The lowest BCUT2D eigenvalue weighted by atomic mass is 9.82. The van der Waals surface area contributed by atoms with Crippen molar-refractivity contribution in [3.05, 3.63) is 65.5 Å². The molecule has 1 saturated heterocycles. The summed E-state index contributed by atoms with van der Waals surface area (Å²) >= 11 is 0. The van der Waals surface area contributed by atoms with Gasteiger partial charge >= 0.3 is 0 Å². The number of nitriles is 1. The van der Waals surface area contributed by atoms with Crippen LogP contribution >= 0.6 is 0 Å². The van der Waals surface area contributed by atoms with E-state index in [1.54, 1.807) is 0 Å². The molecule has 0 bridgehead atoms. The highest BCUT2D eigenvalue weighted by Gasteiger charge is 2.37. The number of aryl methyl sites for hydroxylation is 1. The van der Waals surface area contributed by atoms with E-state index in [0.29, 0.717) is 0 Å². The predicted molar refractivity (Wildman–Crippen MR) is 103 cm³/mol. The lowest BCUT2D eigenvalue weighted by Gasteiger charge is -2.29. The molecule has 1 aliphatic rings. The Hall–Kier alpha value is -2.22. The number of pyridine rings is 1. The number of rotatable bonds is 8. The van der Waals surface area contributed by atoms with Crippen molar-refractivity contribution in [2.24, 2.45) is 5.41 Å². The molecule has 1 fully saturated rings. The molecule has 1 aromatic heterocycles. The van der Waals surface area contributed by atoms with Crippen molar-refractivity contribution in [3.8, 4) is 6.07 Å². The predicted octanol–water partition coefficient (Wildman–Crippen LogP) is 3.81. The molecule has 4 heteroatoms. The summed E-state index contributed by atoms with van der Waals surface area (Å²) in [7, 11) is 0. The van der Waals surface area contributed by atoms with Gasteiger partial charge < -0.3 is 4.74 Å². The molecular formula is C22H27N3O. The Balaban J connectivity index is 1.62. The molecule has 136 valence electrons. The quantitative estimate of drug-likeness (QED) is 0.727. The van der Waals surface area contributed by atoms with Crippen LogP contribution in [0.5, 0.6) is 0 Å². The van der Waals surface area contributed by atoms with Gasteiger partial charge in [-0.25, -0.2) is 0 Å². The van der Waals surface area contributed by atoms with Crippen LogP contribution in [0.1, 0.15) is 36.5 Å². The molecule has 2 heterocycles. The van der Waals surface area contributed by atoms with Crippen LogP contribution < -0.4 is 0 Å². The van der Waals surface area contributed by atoms with E-state index in [0.717, 1.165) is 51.3 Å². The standard InChI is InChI=1S/C22H27N3O/c1-2-26-18-22(10-9-19-5-7-20(14-23)8-6-19)11-13-25(17-22)16-21-4-3-12-24-15-21/h3-8,12,15H,2,9-11,13,16-18H2,1H3/t22-/m0/s1. The van der Waals surface area contributed by atoms with Crippen molar-refractivity contribution >= 4 is 0 Å². The molecule has 0 saturated carbocycles. The molecule has 26 heavy (non-hydrogen) atoms. The third-order valence-corrected chi connectivity index (χ3v) is 5.29. The van der Waals surface area contributed by atoms with Gasteiger partial charge in [0.25, 0.3) is 0 Å². The first-order chi connectivity index (χ1) is 12.7. The van der Waals surface area contributed by atoms with E-state index < -0.39 is 0 Å². The summed E-state index contributed by atoms with van der Waals surface area (Å²) in [6.45, 7) is 6.79. The van der Waals surface area contributed by atoms with Crippen molar-refractivity contribution in [2.75, 3.05) is 26.3 Å². The van der Waals surface area contributed by atoms with Crippen LogP contribution in [0.15, 0.2) is 48.8 Å². The van der Waals surface area contributed by atoms with E-state index in [1.165, 1.54) is 17.5 Å². The molecular weight excluding hydrogens is 322 g/mol. The van der Waals surface area contributed by atoms with Gasteiger partial charge in [-0.1, -0.05) is 18.2 Å². The van der Waals surface area contributed by atoms with Crippen LogP contribution in [0.25, 0.3) is 0 Å². The van der Waals surface area contributed by atoms with Crippen LogP contribution in [0.3, 0.4) is 0 Å². The van der Waals surface area contributed by atoms with Gasteiger partial charge in [-0.2, -0.15) is 5.26 Å². The fourth-order valence-corrected chi connectivity index (χ4v) is 3.78. The van der Waals surface area contributed by atoms with Crippen LogP contribution in [0.2, 0.25) is 0 Å². The van der Waals surface area contributed by atoms with E-state index in [1.807, 2.05) is 30.6 Å². The maximum atomic E-state index is 8.94. The smallest absolute Gasteiger partial charge is 0.0991 e. The van der Waals surface area contributed by atoms with Crippen LogP contribution in [-0.4, -0.2) is 36.2 Å². The SMILES string of the molecule is CCOC[C@@]1(CCc2ccc(C#N)cc2)CCN(Cc2cccnc2)C1. The van der Waals surface area contributed by atoms with Crippen LogP contribution in [-0.2, 0) is 17.7 Å². The maximum absolute atomic E-state index is 8.94. The number of ether oxygens (including phenoxy) is 1. The van der Waals surface area contributed by atoms with Crippen molar-refractivity contribution in [1.82, 2.24) is 9.88 Å². The molecule has 3 rings (SSSR count). The number of hydrogen-bond donors (Lipinski definition) is 0. The average Bonchev–Trinajstić information content (AvgIpc) is 3.09. The third kappa shape index (κ3) is 4.91. The maximum Gasteiger partial charge on any atom is 0.0991 e. The summed E-state index contributed by atoms with van der Waals surface area (Å²) in [5, 5.41) is 8.94. The van der Waals surface area contributed by atoms with E-state index in [9.17, 15) is 0 Å². The lowest BCUT2D eigenvalue weighted by Crippen LogP contribution is -2.32. The average molecular weight is 349 g/mol. The summed E-state index contributed by atoms with van der Waals surface area (Å²) in [6.07, 6.45) is 7.09. The molecule has 4 nitrogen and oxygen atoms in total. The Kier molecular flexibility index (Phi) is 6.38. The Morgan fingerprint density at radius 3 is 2.77 bits per heavy atom. The second-order valence-corrected chi connectivity index (χ2v) is 7.27. The highest BCUT2D eigenvalue weighted by atomic mass is 16.5. The van der Waals surface area contributed by atoms with Crippen molar-refractivity contribution in [3.63, 3.8) is 0 Å². The van der Waals surface area contributed by atoms with Crippen molar-refractivity contribution in [2.45, 2.75) is 32.7 Å². The number of nitrogens with zero attached hydrogens (tertiary/aromatic N) is 3. The van der Waals surface area contributed by atoms with Gasteiger partial charge in [0, 0.05) is 37.5 Å². The molecule has 0 N–H and O–H groups in total. The minimum Gasteiger partial charge on any atom is -0.381 e. The van der Waals surface area contributed by atoms with Crippen molar-refractivity contribution < 1.29 is 4.74 Å².